The number of amides is 2. The summed E-state index contributed by atoms with van der Waals surface area (Å²) in [4.78, 5) is 51.0. The van der Waals surface area contributed by atoms with Gasteiger partial charge in [0.15, 0.2) is 5.69 Å². The summed E-state index contributed by atoms with van der Waals surface area (Å²) in [5.41, 5.74) is -0.119. The van der Waals surface area contributed by atoms with E-state index in [1.165, 1.54) is 10.4 Å². The summed E-state index contributed by atoms with van der Waals surface area (Å²) in [5.74, 6) is -1.86. The number of unbranched alkanes of at least 4 members (excludes halogenated alkanes) is 2. The molecule has 11 heteroatoms. The number of likely N-dealkylation sites (N-methyl/N-ethyl adjacent to an activating group) is 1. The molecule has 0 aromatic carbocycles. The predicted molar refractivity (Wildman–Crippen MR) is 151 cm³/mol. The lowest BCUT2D eigenvalue weighted by Crippen LogP contribution is -2.58. The lowest BCUT2D eigenvalue weighted by molar-refractivity contribution is -0.212. The number of aromatic nitrogens is 1. The van der Waals surface area contributed by atoms with Gasteiger partial charge in [0, 0.05) is 11.8 Å². The lowest BCUT2D eigenvalue weighted by Gasteiger charge is -2.38. The number of hydrogen-bond donors (Lipinski definition) is 3. The van der Waals surface area contributed by atoms with E-state index in [0.29, 0.717) is 13.0 Å². The SMILES string of the molecule is CCCCCON(C(=O)C(NC(=O)[C@H]1CCCCN1C)C(C)CC)C(CC(O)c1nc(C(=O)O)cs1)C(C)C. The van der Waals surface area contributed by atoms with Crippen LogP contribution in [-0.4, -0.2) is 81.3 Å². The molecule has 1 saturated heterocycles. The third-order valence-corrected chi connectivity index (χ3v) is 8.55. The molecule has 0 bridgehead atoms. The number of nitrogens with one attached hydrogen (secondary N) is 1. The zero-order chi connectivity index (χ0) is 29.1. The van der Waals surface area contributed by atoms with Crippen LogP contribution in [0.4, 0.5) is 0 Å². The first-order valence-corrected chi connectivity index (χ1v) is 15.2. The molecule has 4 unspecified atom stereocenters. The summed E-state index contributed by atoms with van der Waals surface area (Å²) in [6.45, 7) is 11.1. The number of piperidine rings is 1. The Hall–Kier alpha value is -2.08. The number of rotatable bonds is 16. The maximum absolute atomic E-state index is 14.2. The molecule has 3 N–H and O–H groups in total. The van der Waals surface area contributed by atoms with Gasteiger partial charge in [-0.1, -0.05) is 60.3 Å². The van der Waals surface area contributed by atoms with Gasteiger partial charge in [0.1, 0.15) is 17.2 Å². The minimum Gasteiger partial charge on any atom is -0.476 e. The van der Waals surface area contributed by atoms with Crippen LogP contribution in [0.2, 0.25) is 0 Å². The Bertz CT molecular complexity index is 926. The monoisotopic (exact) mass is 568 g/mol. The summed E-state index contributed by atoms with van der Waals surface area (Å²) < 4.78 is 0. The fourth-order valence-corrected chi connectivity index (χ4v) is 5.61. The second kappa shape index (κ2) is 16.2. The number of hydrogen-bond acceptors (Lipinski definition) is 8. The van der Waals surface area contributed by atoms with Gasteiger partial charge in [-0.15, -0.1) is 11.3 Å². The molecule has 0 aliphatic carbocycles. The lowest BCUT2D eigenvalue weighted by atomic mass is 9.93. The van der Waals surface area contributed by atoms with E-state index in [1.54, 1.807) is 0 Å². The number of carbonyl (C=O) groups excluding carboxylic acids is 2. The standard InChI is InChI=1S/C28H48N4O6S/c1-7-9-12-15-38-32(22(18(3)4)16-23(33)26-29-20(17-39-26)28(36)37)27(35)24(19(5)8-2)30-25(34)21-13-10-11-14-31(21)6/h17-19,21-24,33H,7-16H2,1-6H3,(H,30,34)(H,36,37)/t19?,21-,22?,23?,24?/m1/s1. The highest BCUT2D eigenvalue weighted by atomic mass is 32.1. The number of aromatic carboxylic acids is 1. The van der Waals surface area contributed by atoms with Gasteiger partial charge in [0.25, 0.3) is 5.91 Å². The van der Waals surface area contributed by atoms with Crippen molar-refractivity contribution in [2.75, 3.05) is 20.2 Å². The van der Waals surface area contributed by atoms with E-state index >= 15 is 0 Å². The zero-order valence-corrected chi connectivity index (χ0v) is 25.2. The van der Waals surface area contributed by atoms with Gasteiger partial charge in [-0.25, -0.2) is 14.8 Å². The Morgan fingerprint density at radius 3 is 2.51 bits per heavy atom. The number of carboxylic acids is 1. The summed E-state index contributed by atoms with van der Waals surface area (Å²) >= 11 is 1.08. The van der Waals surface area contributed by atoms with Gasteiger partial charge in [0.2, 0.25) is 5.91 Å². The molecule has 1 fully saturated rings. The molecule has 1 aliphatic rings. The van der Waals surface area contributed by atoms with Crippen LogP contribution in [0, 0.1) is 11.8 Å². The van der Waals surface area contributed by atoms with Gasteiger partial charge in [-0.2, -0.15) is 0 Å². The van der Waals surface area contributed by atoms with Crippen molar-refractivity contribution in [1.29, 1.82) is 0 Å². The second-order valence-corrected chi connectivity index (χ2v) is 11.9. The van der Waals surface area contributed by atoms with Crippen LogP contribution in [0.15, 0.2) is 5.38 Å². The van der Waals surface area contributed by atoms with Crippen molar-refractivity contribution in [3.8, 4) is 0 Å². The van der Waals surface area contributed by atoms with Gasteiger partial charge in [-0.3, -0.25) is 19.3 Å². The van der Waals surface area contributed by atoms with Crippen molar-refractivity contribution >= 4 is 29.1 Å². The smallest absolute Gasteiger partial charge is 0.355 e. The van der Waals surface area contributed by atoms with Gasteiger partial charge >= 0.3 is 5.97 Å². The van der Waals surface area contributed by atoms with Crippen molar-refractivity contribution in [1.82, 2.24) is 20.3 Å². The first-order valence-electron chi connectivity index (χ1n) is 14.3. The molecular weight excluding hydrogens is 520 g/mol. The molecule has 1 aromatic rings. The summed E-state index contributed by atoms with van der Waals surface area (Å²) in [7, 11) is 1.94. The third kappa shape index (κ3) is 9.51. The van der Waals surface area contributed by atoms with E-state index in [1.807, 2.05) is 39.6 Å². The minimum atomic E-state index is -1.16. The van der Waals surface area contributed by atoms with Crippen molar-refractivity contribution in [2.24, 2.45) is 11.8 Å². The van der Waals surface area contributed by atoms with E-state index in [-0.39, 0.29) is 46.8 Å². The van der Waals surface area contributed by atoms with Crippen LogP contribution in [0.5, 0.6) is 0 Å². The maximum atomic E-state index is 14.2. The molecule has 0 radical (unpaired) electrons. The van der Waals surface area contributed by atoms with Gasteiger partial charge in [0.05, 0.1) is 18.7 Å². The van der Waals surface area contributed by atoms with E-state index in [9.17, 15) is 24.6 Å². The molecule has 39 heavy (non-hydrogen) atoms. The normalized spacial score (nSPS) is 19.3. The van der Waals surface area contributed by atoms with Crippen LogP contribution in [0.25, 0.3) is 0 Å². The van der Waals surface area contributed by atoms with Crippen LogP contribution >= 0.6 is 11.3 Å². The van der Waals surface area contributed by atoms with Crippen molar-refractivity contribution in [2.45, 2.75) is 110 Å². The van der Waals surface area contributed by atoms with Crippen molar-refractivity contribution < 1.29 is 29.4 Å². The molecule has 222 valence electrons. The average Bonchev–Trinajstić information content (AvgIpc) is 3.41. The molecule has 10 nitrogen and oxygen atoms in total. The maximum Gasteiger partial charge on any atom is 0.355 e. The molecule has 2 rings (SSSR count). The van der Waals surface area contributed by atoms with E-state index in [2.05, 4.69) is 17.2 Å². The van der Waals surface area contributed by atoms with Crippen LogP contribution in [0.1, 0.15) is 108 Å². The number of hydroxylamine groups is 2. The minimum absolute atomic E-state index is 0.0913. The number of thiazole rings is 1. The molecule has 0 saturated carbocycles. The summed E-state index contributed by atoms with van der Waals surface area (Å²) in [5, 5.41) is 26.3. The van der Waals surface area contributed by atoms with Crippen molar-refractivity contribution in [3.05, 3.63) is 16.1 Å². The van der Waals surface area contributed by atoms with Crippen LogP contribution < -0.4 is 5.32 Å². The number of nitrogens with zero attached hydrogens (tertiary/aromatic N) is 3. The summed E-state index contributed by atoms with van der Waals surface area (Å²) in [6.07, 6.45) is 5.25. The fourth-order valence-electron chi connectivity index (χ4n) is 4.82. The van der Waals surface area contributed by atoms with Crippen LogP contribution in [-0.2, 0) is 14.4 Å². The molecular formula is C28H48N4O6S. The Labute approximate surface area is 237 Å². The Kier molecular flexibility index (Phi) is 13.8. The quantitative estimate of drug-likeness (QED) is 0.199. The van der Waals surface area contributed by atoms with E-state index < -0.39 is 24.2 Å². The number of carbonyl (C=O) groups is 3. The first-order chi connectivity index (χ1) is 18.5. The molecule has 0 spiro atoms. The number of carboxylic acid groups (broad SMARTS) is 1. The number of likely N-dealkylation sites (tertiary alicyclic amines) is 1. The van der Waals surface area contributed by atoms with Gasteiger partial charge < -0.3 is 15.5 Å². The van der Waals surface area contributed by atoms with Crippen LogP contribution in [0.3, 0.4) is 0 Å². The number of aliphatic hydroxyl groups is 1. The third-order valence-electron chi connectivity index (χ3n) is 7.61. The predicted octanol–water partition coefficient (Wildman–Crippen LogP) is 4.26. The number of aliphatic hydroxyl groups excluding tert-OH is 1. The molecule has 1 aliphatic heterocycles. The summed E-state index contributed by atoms with van der Waals surface area (Å²) in [6, 6.07) is -1.57. The largest absolute Gasteiger partial charge is 0.476 e. The topological polar surface area (TPSA) is 132 Å². The van der Waals surface area contributed by atoms with E-state index in [4.69, 9.17) is 4.84 Å². The fraction of sp³-hybridized carbons (Fsp3) is 0.786. The Balaban J connectivity index is 2.32. The molecule has 2 heterocycles. The first kappa shape index (κ1) is 33.1. The molecule has 1 aromatic heterocycles. The van der Waals surface area contributed by atoms with E-state index in [0.717, 1.165) is 56.4 Å². The molecule has 5 atom stereocenters. The highest BCUT2D eigenvalue weighted by molar-refractivity contribution is 7.09. The second-order valence-electron chi connectivity index (χ2n) is 11.0. The molecule has 2 amide bonds. The zero-order valence-electron chi connectivity index (χ0n) is 24.4. The Morgan fingerprint density at radius 1 is 1.23 bits per heavy atom. The average molecular weight is 569 g/mol. The highest BCUT2D eigenvalue weighted by Gasteiger charge is 2.39. The Morgan fingerprint density at radius 2 is 1.95 bits per heavy atom. The van der Waals surface area contributed by atoms with Crippen molar-refractivity contribution in [3.63, 3.8) is 0 Å². The van der Waals surface area contributed by atoms with Gasteiger partial charge in [-0.05, 0) is 44.7 Å². The highest BCUT2D eigenvalue weighted by Crippen LogP contribution is 2.29.